The molecule has 4 rings (SSSR count). The van der Waals surface area contributed by atoms with Crippen molar-refractivity contribution in [1.82, 2.24) is 9.97 Å². The molecule has 28 heavy (non-hydrogen) atoms. The Bertz CT molecular complexity index is 999. The Balaban J connectivity index is 1.59. The van der Waals surface area contributed by atoms with Gasteiger partial charge >= 0.3 is 5.69 Å². The molecule has 0 amide bonds. The van der Waals surface area contributed by atoms with E-state index in [0.717, 1.165) is 5.69 Å². The van der Waals surface area contributed by atoms with Gasteiger partial charge < -0.3 is 14.8 Å². The third-order valence-corrected chi connectivity index (χ3v) is 3.91. The van der Waals surface area contributed by atoms with Gasteiger partial charge in [0.1, 0.15) is 19.5 Å². The number of hydrazine groups is 1. The lowest BCUT2D eigenvalue weighted by Crippen LogP contribution is -2.15. The molecule has 2 aromatic carbocycles. The van der Waals surface area contributed by atoms with Crippen LogP contribution in [0.4, 0.5) is 28.7 Å². The Morgan fingerprint density at radius 1 is 0.893 bits per heavy atom. The van der Waals surface area contributed by atoms with E-state index < -0.39 is 4.92 Å². The molecule has 0 atom stereocenters. The van der Waals surface area contributed by atoms with Gasteiger partial charge in [-0.25, -0.2) is 9.97 Å². The van der Waals surface area contributed by atoms with Crippen LogP contribution in [0.3, 0.4) is 0 Å². The molecule has 142 valence electrons. The van der Waals surface area contributed by atoms with Crippen LogP contribution < -0.4 is 25.6 Å². The van der Waals surface area contributed by atoms with Crippen molar-refractivity contribution in [3.8, 4) is 11.5 Å². The van der Waals surface area contributed by atoms with Gasteiger partial charge in [-0.1, -0.05) is 18.2 Å². The van der Waals surface area contributed by atoms with Gasteiger partial charge in [0.2, 0.25) is 11.6 Å². The Hall–Kier alpha value is -4.08. The van der Waals surface area contributed by atoms with Gasteiger partial charge in [0.05, 0.1) is 10.6 Å². The molecule has 0 spiro atoms. The molecule has 1 aromatic heterocycles. The van der Waals surface area contributed by atoms with Crippen molar-refractivity contribution in [3.05, 3.63) is 65.0 Å². The van der Waals surface area contributed by atoms with Crippen LogP contribution in [-0.2, 0) is 0 Å². The minimum Gasteiger partial charge on any atom is -0.486 e. The number of aromatic nitrogens is 2. The average Bonchev–Trinajstić information content (AvgIpc) is 2.73. The zero-order valence-electron chi connectivity index (χ0n) is 14.6. The number of hydrogen-bond acceptors (Lipinski definition) is 9. The first-order valence-electron chi connectivity index (χ1n) is 8.44. The number of fused-ring (bicyclic) bond motifs is 1. The van der Waals surface area contributed by atoms with Crippen LogP contribution in [0.15, 0.2) is 54.9 Å². The van der Waals surface area contributed by atoms with Gasteiger partial charge in [-0.2, -0.15) is 0 Å². The molecular formula is C18H16N6O4. The first kappa shape index (κ1) is 17.3. The predicted octanol–water partition coefficient (Wildman–Crippen LogP) is 3.34. The highest BCUT2D eigenvalue weighted by Gasteiger charge is 2.23. The normalized spacial score (nSPS) is 12.1. The number of nitro groups is 1. The molecule has 1 aliphatic rings. The highest BCUT2D eigenvalue weighted by molar-refractivity contribution is 5.75. The van der Waals surface area contributed by atoms with Gasteiger partial charge in [-0.15, -0.1) is 0 Å². The first-order chi connectivity index (χ1) is 13.7. The lowest BCUT2D eigenvalue weighted by Gasteiger charge is -2.19. The number of anilines is 4. The summed E-state index contributed by atoms with van der Waals surface area (Å²) in [7, 11) is 0. The Morgan fingerprint density at radius 2 is 1.64 bits per heavy atom. The number of nitrogens with one attached hydrogen (secondary N) is 3. The fraction of sp³-hybridized carbons (Fsp3) is 0.111. The van der Waals surface area contributed by atoms with Gasteiger partial charge in [-0.3, -0.25) is 21.0 Å². The van der Waals surface area contributed by atoms with Crippen LogP contribution in [0.25, 0.3) is 0 Å². The molecule has 0 radical (unpaired) electrons. The Labute approximate surface area is 159 Å². The van der Waals surface area contributed by atoms with E-state index in [9.17, 15) is 10.1 Å². The number of para-hydroxylation sites is 1. The van der Waals surface area contributed by atoms with Gasteiger partial charge in [0.25, 0.3) is 0 Å². The number of hydrogen-bond donors (Lipinski definition) is 3. The second-order valence-corrected chi connectivity index (χ2v) is 5.78. The summed E-state index contributed by atoms with van der Waals surface area (Å²) in [4.78, 5) is 19.1. The molecule has 0 unspecified atom stereocenters. The summed E-state index contributed by atoms with van der Waals surface area (Å²) in [6, 6.07) is 14.3. The molecule has 0 aliphatic carbocycles. The highest BCUT2D eigenvalue weighted by atomic mass is 16.6. The van der Waals surface area contributed by atoms with Crippen molar-refractivity contribution in [2.45, 2.75) is 0 Å². The standard InChI is InChI=1S/C18H16N6O4/c25-24(26)16-17(21-13-6-7-14-15(10-13)28-9-8-27-14)19-11-20-18(16)23-22-12-4-2-1-3-5-12/h1-7,10-11,22H,8-9H2,(H2,19,20,21,23). The van der Waals surface area contributed by atoms with Crippen molar-refractivity contribution < 1.29 is 14.4 Å². The summed E-state index contributed by atoms with van der Waals surface area (Å²) >= 11 is 0. The monoisotopic (exact) mass is 380 g/mol. The average molecular weight is 380 g/mol. The van der Waals surface area contributed by atoms with Crippen LogP contribution in [-0.4, -0.2) is 28.1 Å². The first-order valence-corrected chi connectivity index (χ1v) is 8.44. The van der Waals surface area contributed by atoms with E-state index in [4.69, 9.17) is 9.47 Å². The van der Waals surface area contributed by atoms with E-state index >= 15 is 0 Å². The minimum atomic E-state index is -0.546. The van der Waals surface area contributed by atoms with Crippen molar-refractivity contribution in [2.75, 3.05) is 29.4 Å². The SMILES string of the molecule is O=[N+]([O-])c1c(NNc2ccccc2)ncnc1Nc1ccc2c(c1)OCCO2. The van der Waals surface area contributed by atoms with Crippen LogP contribution in [0, 0.1) is 10.1 Å². The zero-order valence-corrected chi connectivity index (χ0v) is 14.6. The molecule has 10 nitrogen and oxygen atoms in total. The Morgan fingerprint density at radius 3 is 2.43 bits per heavy atom. The topological polar surface area (TPSA) is 123 Å². The molecule has 2 heterocycles. The second kappa shape index (κ2) is 7.66. The summed E-state index contributed by atoms with van der Waals surface area (Å²) in [5.41, 5.74) is 6.66. The van der Waals surface area contributed by atoms with E-state index in [2.05, 4.69) is 26.1 Å². The van der Waals surface area contributed by atoms with Crippen LogP contribution in [0.2, 0.25) is 0 Å². The van der Waals surface area contributed by atoms with E-state index in [1.54, 1.807) is 18.2 Å². The fourth-order valence-electron chi connectivity index (χ4n) is 2.65. The van der Waals surface area contributed by atoms with Gasteiger partial charge in [-0.05, 0) is 24.3 Å². The number of nitrogens with zero attached hydrogens (tertiary/aromatic N) is 3. The maximum Gasteiger partial charge on any atom is 0.355 e. The van der Waals surface area contributed by atoms with Crippen LogP contribution in [0.1, 0.15) is 0 Å². The fourth-order valence-corrected chi connectivity index (χ4v) is 2.65. The van der Waals surface area contributed by atoms with Gasteiger partial charge in [0, 0.05) is 11.8 Å². The molecule has 0 saturated heterocycles. The Kier molecular flexibility index (Phi) is 4.74. The number of benzene rings is 2. The highest BCUT2D eigenvalue weighted by Crippen LogP contribution is 2.36. The molecule has 0 saturated carbocycles. The summed E-state index contributed by atoms with van der Waals surface area (Å²) in [5.74, 6) is 1.28. The van der Waals surface area contributed by atoms with Gasteiger partial charge in [0.15, 0.2) is 11.5 Å². The smallest absolute Gasteiger partial charge is 0.355 e. The maximum absolute atomic E-state index is 11.6. The number of rotatable bonds is 6. The van der Waals surface area contributed by atoms with Crippen molar-refractivity contribution in [3.63, 3.8) is 0 Å². The molecule has 3 N–H and O–H groups in total. The van der Waals surface area contributed by atoms with E-state index in [-0.39, 0.29) is 17.3 Å². The summed E-state index contributed by atoms with van der Waals surface area (Å²) < 4.78 is 11.0. The van der Waals surface area contributed by atoms with Crippen molar-refractivity contribution >= 4 is 28.7 Å². The number of ether oxygens (including phenoxy) is 2. The molecule has 10 heteroatoms. The molecule has 3 aromatic rings. The van der Waals surface area contributed by atoms with Crippen LogP contribution >= 0.6 is 0 Å². The molecular weight excluding hydrogens is 364 g/mol. The third kappa shape index (κ3) is 3.70. The largest absolute Gasteiger partial charge is 0.486 e. The molecule has 1 aliphatic heterocycles. The molecule has 0 bridgehead atoms. The quantitative estimate of drug-likeness (QED) is 0.436. The third-order valence-electron chi connectivity index (χ3n) is 3.91. The maximum atomic E-state index is 11.6. The van der Waals surface area contributed by atoms with E-state index in [1.807, 2.05) is 30.3 Å². The summed E-state index contributed by atoms with van der Waals surface area (Å²) in [6.07, 6.45) is 1.24. The molecule has 0 fully saturated rings. The van der Waals surface area contributed by atoms with Crippen LogP contribution in [0.5, 0.6) is 11.5 Å². The van der Waals surface area contributed by atoms with Crippen molar-refractivity contribution in [2.24, 2.45) is 0 Å². The predicted molar refractivity (Wildman–Crippen MR) is 103 cm³/mol. The van der Waals surface area contributed by atoms with E-state index in [1.165, 1.54) is 6.33 Å². The minimum absolute atomic E-state index is 0.0314. The zero-order chi connectivity index (χ0) is 19.3. The van der Waals surface area contributed by atoms with Crippen molar-refractivity contribution in [1.29, 1.82) is 0 Å². The summed E-state index contributed by atoms with van der Waals surface area (Å²) in [5, 5.41) is 14.6. The second-order valence-electron chi connectivity index (χ2n) is 5.78. The lowest BCUT2D eigenvalue weighted by atomic mass is 10.2. The lowest BCUT2D eigenvalue weighted by molar-refractivity contribution is -0.383. The van der Waals surface area contributed by atoms with E-state index in [0.29, 0.717) is 30.4 Å². The summed E-state index contributed by atoms with van der Waals surface area (Å²) in [6.45, 7) is 0.934.